The SMILES string of the molecule is Cc1nn(C)cc1-c1ocnc1CNC(C)C. The first-order chi connectivity index (χ1) is 8.08. The zero-order valence-corrected chi connectivity index (χ0v) is 10.7. The van der Waals surface area contributed by atoms with Gasteiger partial charge in [0.05, 0.1) is 11.3 Å². The van der Waals surface area contributed by atoms with E-state index in [4.69, 9.17) is 4.42 Å². The maximum atomic E-state index is 5.47. The molecule has 0 aromatic carbocycles. The van der Waals surface area contributed by atoms with E-state index in [9.17, 15) is 0 Å². The summed E-state index contributed by atoms with van der Waals surface area (Å²) in [7, 11) is 1.90. The molecule has 0 bridgehead atoms. The molecule has 0 fully saturated rings. The van der Waals surface area contributed by atoms with Crippen molar-refractivity contribution in [1.82, 2.24) is 20.1 Å². The van der Waals surface area contributed by atoms with Crippen molar-refractivity contribution in [3.8, 4) is 11.3 Å². The number of nitrogens with zero attached hydrogens (tertiary/aromatic N) is 3. The molecular weight excluding hydrogens is 216 g/mol. The smallest absolute Gasteiger partial charge is 0.181 e. The topological polar surface area (TPSA) is 55.9 Å². The van der Waals surface area contributed by atoms with Gasteiger partial charge in [0.15, 0.2) is 12.2 Å². The van der Waals surface area contributed by atoms with Crippen molar-refractivity contribution in [2.75, 3.05) is 0 Å². The molecule has 0 spiro atoms. The molecule has 2 aromatic rings. The lowest BCUT2D eigenvalue weighted by molar-refractivity contribution is 0.562. The minimum atomic E-state index is 0.426. The molecule has 0 atom stereocenters. The highest BCUT2D eigenvalue weighted by molar-refractivity contribution is 5.61. The van der Waals surface area contributed by atoms with Gasteiger partial charge < -0.3 is 9.73 Å². The monoisotopic (exact) mass is 234 g/mol. The lowest BCUT2D eigenvalue weighted by Crippen LogP contribution is -2.22. The third-order valence-electron chi connectivity index (χ3n) is 2.58. The van der Waals surface area contributed by atoms with Crippen LogP contribution in [-0.4, -0.2) is 20.8 Å². The van der Waals surface area contributed by atoms with Crippen LogP contribution in [0.15, 0.2) is 17.0 Å². The van der Waals surface area contributed by atoms with Gasteiger partial charge in [-0.3, -0.25) is 4.68 Å². The molecule has 0 unspecified atom stereocenters. The van der Waals surface area contributed by atoms with E-state index in [-0.39, 0.29) is 0 Å². The van der Waals surface area contributed by atoms with Crippen LogP contribution in [-0.2, 0) is 13.6 Å². The van der Waals surface area contributed by atoms with Crippen LogP contribution in [0.25, 0.3) is 11.3 Å². The predicted molar refractivity (Wildman–Crippen MR) is 65.4 cm³/mol. The van der Waals surface area contributed by atoms with E-state index in [1.54, 1.807) is 4.68 Å². The van der Waals surface area contributed by atoms with Crippen molar-refractivity contribution >= 4 is 0 Å². The van der Waals surface area contributed by atoms with Crippen LogP contribution in [0.3, 0.4) is 0 Å². The highest BCUT2D eigenvalue weighted by Gasteiger charge is 2.15. The van der Waals surface area contributed by atoms with Gasteiger partial charge in [0.2, 0.25) is 0 Å². The van der Waals surface area contributed by atoms with Crippen molar-refractivity contribution in [2.45, 2.75) is 33.4 Å². The van der Waals surface area contributed by atoms with Crippen LogP contribution in [0.2, 0.25) is 0 Å². The number of aryl methyl sites for hydroxylation is 2. The summed E-state index contributed by atoms with van der Waals surface area (Å²) in [6.45, 7) is 6.89. The van der Waals surface area contributed by atoms with Gasteiger partial charge >= 0.3 is 0 Å². The molecule has 2 heterocycles. The minimum Gasteiger partial charge on any atom is -0.443 e. The number of hydrogen-bond acceptors (Lipinski definition) is 4. The van der Waals surface area contributed by atoms with E-state index >= 15 is 0 Å². The van der Waals surface area contributed by atoms with Gasteiger partial charge in [-0.1, -0.05) is 13.8 Å². The molecule has 0 saturated heterocycles. The fourth-order valence-corrected chi connectivity index (χ4v) is 1.74. The number of nitrogens with one attached hydrogen (secondary N) is 1. The Morgan fingerprint density at radius 2 is 2.24 bits per heavy atom. The number of hydrogen-bond donors (Lipinski definition) is 1. The Labute approximate surface area is 101 Å². The molecule has 0 aliphatic heterocycles. The van der Waals surface area contributed by atoms with Crippen LogP contribution >= 0.6 is 0 Å². The summed E-state index contributed by atoms with van der Waals surface area (Å²) in [5, 5.41) is 7.65. The number of oxazole rings is 1. The van der Waals surface area contributed by atoms with Gasteiger partial charge in [0.1, 0.15) is 5.69 Å². The maximum absolute atomic E-state index is 5.47. The first-order valence-electron chi connectivity index (χ1n) is 5.74. The Balaban J connectivity index is 2.27. The van der Waals surface area contributed by atoms with Crippen molar-refractivity contribution in [3.05, 3.63) is 24.0 Å². The maximum Gasteiger partial charge on any atom is 0.181 e. The third-order valence-corrected chi connectivity index (χ3v) is 2.58. The second kappa shape index (κ2) is 4.71. The Hall–Kier alpha value is -1.62. The van der Waals surface area contributed by atoms with Gasteiger partial charge in [0.25, 0.3) is 0 Å². The fourth-order valence-electron chi connectivity index (χ4n) is 1.74. The molecule has 1 N–H and O–H groups in total. The summed E-state index contributed by atoms with van der Waals surface area (Å²) in [5.74, 6) is 0.809. The van der Waals surface area contributed by atoms with Crippen molar-refractivity contribution < 1.29 is 4.42 Å². The zero-order chi connectivity index (χ0) is 12.4. The second-order valence-electron chi connectivity index (χ2n) is 4.47. The lowest BCUT2D eigenvalue weighted by atomic mass is 10.1. The van der Waals surface area contributed by atoms with Gasteiger partial charge in [-0.05, 0) is 6.92 Å². The highest BCUT2D eigenvalue weighted by Crippen LogP contribution is 2.25. The molecule has 5 nitrogen and oxygen atoms in total. The molecule has 92 valence electrons. The normalized spacial score (nSPS) is 11.4. The van der Waals surface area contributed by atoms with Crippen LogP contribution in [0.4, 0.5) is 0 Å². The highest BCUT2D eigenvalue weighted by atomic mass is 16.3. The quantitative estimate of drug-likeness (QED) is 0.877. The Bertz CT molecular complexity index is 498. The van der Waals surface area contributed by atoms with Crippen molar-refractivity contribution in [2.24, 2.45) is 7.05 Å². The van der Waals surface area contributed by atoms with E-state index in [1.165, 1.54) is 6.39 Å². The summed E-state index contributed by atoms with van der Waals surface area (Å²) in [6.07, 6.45) is 3.44. The van der Waals surface area contributed by atoms with E-state index < -0.39 is 0 Å². The summed E-state index contributed by atoms with van der Waals surface area (Å²) < 4.78 is 7.26. The van der Waals surface area contributed by atoms with Gasteiger partial charge in [0, 0.05) is 25.8 Å². The molecular formula is C12H18N4O. The molecule has 0 saturated carbocycles. The Kier molecular flexibility index (Phi) is 3.28. The van der Waals surface area contributed by atoms with Crippen LogP contribution in [0.1, 0.15) is 25.2 Å². The zero-order valence-electron chi connectivity index (χ0n) is 10.7. The lowest BCUT2D eigenvalue weighted by Gasteiger charge is -2.06. The average molecular weight is 234 g/mol. The minimum absolute atomic E-state index is 0.426. The van der Waals surface area contributed by atoms with E-state index in [0.29, 0.717) is 12.6 Å². The number of rotatable bonds is 4. The van der Waals surface area contributed by atoms with Gasteiger partial charge in [-0.2, -0.15) is 5.10 Å². The number of aromatic nitrogens is 3. The summed E-state index contributed by atoms with van der Waals surface area (Å²) in [4.78, 5) is 4.25. The Morgan fingerprint density at radius 3 is 2.82 bits per heavy atom. The summed E-state index contributed by atoms with van der Waals surface area (Å²) in [6, 6.07) is 0.426. The summed E-state index contributed by atoms with van der Waals surface area (Å²) >= 11 is 0. The molecule has 17 heavy (non-hydrogen) atoms. The first-order valence-corrected chi connectivity index (χ1v) is 5.74. The van der Waals surface area contributed by atoms with E-state index in [2.05, 4.69) is 29.2 Å². The molecule has 0 radical (unpaired) electrons. The largest absolute Gasteiger partial charge is 0.443 e. The van der Waals surface area contributed by atoms with Crippen molar-refractivity contribution in [1.29, 1.82) is 0 Å². The summed E-state index contributed by atoms with van der Waals surface area (Å²) in [5.41, 5.74) is 2.88. The second-order valence-corrected chi connectivity index (χ2v) is 4.47. The van der Waals surface area contributed by atoms with Gasteiger partial charge in [-0.25, -0.2) is 4.98 Å². The van der Waals surface area contributed by atoms with E-state index in [0.717, 1.165) is 22.7 Å². The molecule has 0 aliphatic rings. The standard InChI is InChI=1S/C12H18N4O/c1-8(2)13-5-11-12(17-7-14-11)10-6-16(4)15-9(10)3/h6-8,13H,5H2,1-4H3. The molecule has 5 heteroatoms. The first kappa shape index (κ1) is 11.9. The Morgan fingerprint density at radius 1 is 1.47 bits per heavy atom. The van der Waals surface area contributed by atoms with Crippen LogP contribution in [0, 0.1) is 6.92 Å². The van der Waals surface area contributed by atoms with Crippen LogP contribution < -0.4 is 5.32 Å². The van der Waals surface area contributed by atoms with Gasteiger partial charge in [-0.15, -0.1) is 0 Å². The molecule has 0 amide bonds. The van der Waals surface area contributed by atoms with Crippen molar-refractivity contribution in [3.63, 3.8) is 0 Å². The molecule has 2 rings (SSSR count). The van der Waals surface area contributed by atoms with Crippen LogP contribution in [0.5, 0.6) is 0 Å². The average Bonchev–Trinajstić information content (AvgIpc) is 2.81. The molecule has 0 aliphatic carbocycles. The third kappa shape index (κ3) is 2.55. The predicted octanol–water partition coefficient (Wildman–Crippen LogP) is 1.88. The molecule has 2 aromatic heterocycles. The fraction of sp³-hybridized carbons (Fsp3) is 0.500. The van der Waals surface area contributed by atoms with E-state index in [1.807, 2.05) is 20.2 Å².